The van der Waals surface area contributed by atoms with Gasteiger partial charge in [-0.15, -0.1) is 0 Å². The maximum Gasteiger partial charge on any atom is 0.450 e. The molecule has 1 rings (SSSR count). The summed E-state index contributed by atoms with van der Waals surface area (Å²) in [4.78, 5) is 11.3. The van der Waals surface area contributed by atoms with Crippen molar-refractivity contribution in [3.63, 3.8) is 0 Å². The summed E-state index contributed by atoms with van der Waals surface area (Å²) in [5, 5.41) is 17.0. The fourth-order valence-corrected chi connectivity index (χ4v) is 1.33. The van der Waals surface area contributed by atoms with E-state index in [-0.39, 0.29) is 6.07 Å². The molecule has 4 nitrogen and oxygen atoms in total. The van der Waals surface area contributed by atoms with Gasteiger partial charge in [-0.05, 0) is 18.2 Å². The average Bonchev–Trinajstić information content (AvgIpc) is 2.36. The minimum atomic E-state index is -6.20. The zero-order chi connectivity index (χ0) is 16.6. The monoisotopic (exact) mass is 318 g/mol. The van der Waals surface area contributed by atoms with E-state index in [1.165, 1.54) is 0 Å². The van der Waals surface area contributed by atoms with E-state index in [1.54, 1.807) is 0 Å². The van der Waals surface area contributed by atoms with Gasteiger partial charge >= 0.3 is 17.9 Å². The van der Waals surface area contributed by atoms with Crippen LogP contribution in [0.2, 0.25) is 0 Å². The molecule has 0 aliphatic heterocycles. The van der Waals surface area contributed by atoms with Crippen LogP contribution in [0, 0.1) is 5.82 Å². The molecule has 0 saturated carbocycles. The van der Waals surface area contributed by atoms with Crippen molar-refractivity contribution in [3.8, 4) is 5.75 Å². The van der Waals surface area contributed by atoms with E-state index in [0.29, 0.717) is 6.07 Å². The number of ketones is 1. The topological polar surface area (TPSA) is 66.8 Å². The summed E-state index contributed by atoms with van der Waals surface area (Å²) in [6.07, 6.45) is -6.20. The molecule has 0 aromatic heterocycles. The highest BCUT2D eigenvalue weighted by Gasteiger charge is 2.72. The van der Waals surface area contributed by atoms with Gasteiger partial charge in [0, 0.05) is 5.56 Å². The second-order valence-corrected chi connectivity index (χ2v) is 3.92. The number of Topliss-reactive ketones (excluding diaryl/α,β-unsaturated/α-hetero) is 1. The maximum atomic E-state index is 13.4. The van der Waals surface area contributed by atoms with Gasteiger partial charge in [0.05, 0.1) is 7.11 Å². The summed E-state index contributed by atoms with van der Waals surface area (Å²) in [7, 11) is 1.03. The molecule has 1 aromatic rings. The molecule has 0 heterocycles. The van der Waals surface area contributed by atoms with Crippen molar-refractivity contribution in [2.24, 2.45) is 0 Å². The third-order valence-electron chi connectivity index (χ3n) is 2.53. The number of halogens is 6. The molecule has 2 N–H and O–H groups in total. The van der Waals surface area contributed by atoms with Crippen LogP contribution >= 0.6 is 0 Å². The summed E-state index contributed by atoms with van der Waals surface area (Å²) in [5.74, 6) is -15.6. The Morgan fingerprint density at radius 1 is 1.14 bits per heavy atom. The number of hydrogen-bond acceptors (Lipinski definition) is 4. The Balaban J connectivity index is 3.27. The van der Waals surface area contributed by atoms with E-state index in [4.69, 9.17) is 10.2 Å². The predicted molar refractivity (Wildman–Crippen MR) is 55.5 cm³/mol. The molecular weight excluding hydrogens is 310 g/mol. The first-order valence-electron chi connectivity index (χ1n) is 5.14. The Kier molecular flexibility index (Phi) is 4.26. The quantitative estimate of drug-likeness (QED) is 0.505. The highest BCUT2D eigenvalue weighted by Crippen LogP contribution is 2.42. The third-order valence-corrected chi connectivity index (χ3v) is 2.53. The van der Waals surface area contributed by atoms with Gasteiger partial charge < -0.3 is 14.9 Å². The summed E-state index contributed by atoms with van der Waals surface area (Å²) < 4.78 is 81.0. The molecule has 0 aliphatic rings. The molecular formula is C11H8F6O4. The highest BCUT2D eigenvalue weighted by molar-refractivity contribution is 6.02. The Hall–Kier alpha value is -1.81. The van der Waals surface area contributed by atoms with Gasteiger partial charge in [-0.25, -0.2) is 4.39 Å². The maximum absolute atomic E-state index is 13.4. The number of methoxy groups -OCH3 is 1. The van der Waals surface area contributed by atoms with E-state index >= 15 is 0 Å². The molecule has 0 fully saturated rings. The van der Waals surface area contributed by atoms with Gasteiger partial charge in [-0.1, -0.05) is 0 Å². The molecule has 0 aliphatic carbocycles. The van der Waals surface area contributed by atoms with Crippen LogP contribution in [0.3, 0.4) is 0 Å². The van der Waals surface area contributed by atoms with Crippen LogP contribution in [-0.2, 0) is 0 Å². The van der Waals surface area contributed by atoms with Gasteiger partial charge in [-0.2, -0.15) is 22.0 Å². The zero-order valence-corrected chi connectivity index (χ0v) is 10.2. The Morgan fingerprint density at radius 2 is 1.67 bits per heavy atom. The standard InChI is InChI=1S/C11H8F6O4/c1-21-7-3-2-5(4-6(7)12)8(18)9(13,14)10(19,20)11(15,16)17/h2-4,19-20H,1H3. The largest absolute Gasteiger partial charge is 0.494 e. The summed E-state index contributed by atoms with van der Waals surface area (Å²) in [5.41, 5.74) is -1.19. The Bertz CT molecular complexity index is 552. The molecule has 0 radical (unpaired) electrons. The van der Waals surface area contributed by atoms with Gasteiger partial charge in [0.15, 0.2) is 11.6 Å². The minimum Gasteiger partial charge on any atom is -0.494 e. The SMILES string of the molecule is COc1ccc(C(=O)C(F)(F)C(O)(O)C(F)(F)F)cc1F. The van der Waals surface area contributed by atoms with E-state index in [9.17, 15) is 31.1 Å². The summed E-state index contributed by atoms with van der Waals surface area (Å²) in [6, 6.07) is 1.48. The van der Waals surface area contributed by atoms with Crippen LogP contribution in [0.5, 0.6) is 5.75 Å². The highest BCUT2D eigenvalue weighted by atomic mass is 19.4. The molecule has 1 aromatic carbocycles. The number of aliphatic hydroxyl groups is 2. The van der Waals surface area contributed by atoms with Crippen molar-refractivity contribution in [1.29, 1.82) is 0 Å². The van der Waals surface area contributed by atoms with Crippen molar-refractivity contribution < 1.29 is 46.1 Å². The van der Waals surface area contributed by atoms with Gasteiger partial charge in [-0.3, -0.25) is 4.79 Å². The van der Waals surface area contributed by atoms with Crippen LogP contribution < -0.4 is 4.74 Å². The first-order chi connectivity index (χ1) is 9.36. The number of benzene rings is 1. The molecule has 118 valence electrons. The van der Waals surface area contributed by atoms with Crippen LogP contribution in [0.15, 0.2) is 18.2 Å². The van der Waals surface area contributed by atoms with E-state index in [0.717, 1.165) is 13.2 Å². The molecule has 0 saturated heterocycles. The Labute approximate surface area is 113 Å². The van der Waals surface area contributed by atoms with Crippen LogP contribution in [0.25, 0.3) is 0 Å². The average molecular weight is 318 g/mol. The molecule has 21 heavy (non-hydrogen) atoms. The second-order valence-electron chi connectivity index (χ2n) is 3.92. The molecule has 0 unspecified atom stereocenters. The van der Waals surface area contributed by atoms with Crippen molar-refractivity contribution in [1.82, 2.24) is 0 Å². The van der Waals surface area contributed by atoms with E-state index in [1.807, 2.05) is 0 Å². The number of carbonyl (C=O) groups is 1. The molecule has 0 bridgehead atoms. The molecule has 10 heteroatoms. The van der Waals surface area contributed by atoms with Crippen LogP contribution in [-0.4, -0.2) is 41.0 Å². The minimum absolute atomic E-state index is 0.196. The first kappa shape index (κ1) is 17.2. The van der Waals surface area contributed by atoms with Gasteiger partial charge in [0.2, 0.25) is 5.78 Å². The van der Waals surface area contributed by atoms with Crippen molar-refractivity contribution in [3.05, 3.63) is 29.6 Å². The zero-order valence-electron chi connectivity index (χ0n) is 10.2. The number of rotatable bonds is 4. The van der Waals surface area contributed by atoms with E-state index < -0.39 is 40.8 Å². The fourth-order valence-electron chi connectivity index (χ4n) is 1.33. The van der Waals surface area contributed by atoms with Gasteiger partial charge in [0.1, 0.15) is 0 Å². The number of hydrogen-bond donors (Lipinski definition) is 2. The smallest absolute Gasteiger partial charge is 0.450 e. The number of carbonyl (C=O) groups excluding carboxylic acids is 1. The second kappa shape index (κ2) is 5.19. The van der Waals surface area contributed by atoms with Gasteiger partial charge in [0.25, 0.3) is 0 Å². The fraction of sp³-hybridized carbons (Fsp3) is 0.364. The van der Waals surface area contributed by atoms with E-state index in [2.05, 4.69) is 4.74 Å². The number of alkyl halides is 5. The predicted octanol–water partition coefficient (Wildman–Crippen LogP) is 1.90. The molecule has 0 amide bonds. The lowest BCUT2D eigenvalue weighted by Gasteiger charge is -2.31. The first-order valence-corrected chi connectivity index (χ1v) is 5.14. The number of ether oxygens (including phenoxy) is 1. The summed E-state index contributed by atoms with van der Waals surface area (Å²) >= 11 is 0. The van der Waals surface area contributed by atoms with Crippen molar-refractivity contribution in [2.75, 3.05) is 7.11 Å². The van der Waals surface area contributed by atoms with Crippen molar-refractivity contribution in [2.45, 2.75) is 17.9 Å². The lowest BCUT2D eigenvalue weighted by atomic mass is 9.98. The molecule has 0 atom stereocenters. The van der Waals surface area contributed by atoms with Crippen molar-refractivity contribution >= 4 is 5.78 Å². The lowest BCUT2D eigenvalue weighted by Crippen LogP contribution is -2.62. The molecule has 0 spiro atoms. The van der Waals surface area contributed by atoms with Crippen LogP contribution in [0.4, 0.5) is 26.3 Å². The lowest BCUT2D eigenvalue weighted by molar-refractivity contribution is -0.402. The normalized spacial score (nSPS) is 13.2. The third kappa shape index (κ3) is 2.81. The summed E-state index contributed by atoms with van der Waals surface area (Å²) in [6.45, 7) is 0. The Morgan fingerprint density at radius 3 is 2.05 bits per heavy atom. The van der Waals surface area contributed by atoms with Crippen LogP contribution in [0.1, 0.15) is 10.4 Å².